The smallest absolute Gasteiger partial charge is 0.243 e. The van der Waals surface area contributed by atoms with Gasteiger partial charge in [0.15, 0.2) is 5.82 Å². The molecular weight excluding hydrogens is 359 g/mol. The van der Waals surface area contributed by atoms with Crippen molar-refractivity contribution in [2.45, 2.75) is 17.4 Å². The van der Waals surface area contributed by atoms with Crippen molar-refractivity contribution in [3.05, 3.63) is 36.4 Å². The van der Waals surface area contributed by atoms with E-state index in [0.717, 1.165) is 6.20 Å². The minimum atomic E-state index is -3.88. The number of fused-ring (bicyclic) bond motifs is 1. The van der Waals surface area contributed by atoms with Crippen molar-refractivity contribution in [1.29, 1.82) is 0 Å². The summed E-state index contributed by atoms with van der Waals surface area (Å²) in [5.41, 5.74) is 0. The molecule has 1 atom stereocenters. The first kappa shape index (κ1) is 18.7. The predicted octanol–water partition coefficient (Wildman–Crippen LogP) is 0.815. The molecule has 1 N–H and O–H groups in total. The SMILES string of the molecule is CN(C)CC(=O)NC1CCN(S(=O)(=O)c2cccc3cncc(F)c23)C1. The number of pyridine rings is 1. The number of amides is 1. The van der Waals surface area contributed by atoms with Crippen LogP contribution in [0, 0.1) is 5.82 Å². The molecular formula is C17H21FN4O3S. The molecule has 2 heterocycles. The van der Waals surface area contributed by atoms with Gasteiger partial charge in [-0.3, -0.25) is 9.78 Å². The predicted molar refractivity (Wildman–Crippen MR) is 95.6 cm³/mol. The number of aromatic nitrogens is 1. The van der Waals surface area contributed by atoms with Crippen LogP contribution < -0.4 is 5.32 Å². The van der Waals surface area contributed by atoms with Crippen molar-refractivity contribution in [3.63, 3.8) is 0 Å². The Hall–Kier alpha value is -2.10. The number of nitrogens with zero attached hydrogens (tertiary/aromatic N) is 3. The number of hydrogen-bond donors (Lipinski definition) is 1. The number of hydrogen-bond acceptors (Lipinski definition) is 5. The van der Waals surface area contributed by atoms with Crippen molar-refractivity contribution in [2.75, 3.05) is 33.7 Å². The van der Waals surface area contributed by atoms with Crippen LogP contribution in [0.2, 0.25) is 0 Å². The molecule has 0 bridgehead atoms. The number of nitrogens with one attached hydrogen (secondary N) is 1. The Morgan fingerprint density at radius 2 is 2.15 bits per heavy atom. The Kier molecular flexibility index (Phi) is 5.22. The van der Waals surface area contributed by atoms with Crippen LogP contribution in [0.5, 0.6) is 0 Å². The van der Waals surface area contributed by atoms with Gasteiger partial charge >= 0.3 is 0 Å². The largest absolute Gasteiger partial charge is 0.351 e. The lowest BCUT2D eigenvalue weighted by atomic mass is 10.2. The number of rotatable bonds is 5. The lowest BCUT2D eigenvalue weighted by Crippen LogP contribution is -2.42. The van der Waals surface area contributed by atoms with Crippen molar-refractivity contribution in [3.8, 4) is 0 Å². The highest BCUT2D eigenvalue weighted by Crippen LogP contribution is 2.29. The van der Waals surface area contributed by atoms with Crippen LogP contribution in [-0.4, -0.2) is 68.3 Å². The fourth-order valence-electron chi connectivity index (χ4n) is 3.14. The summed E-state index contributed by atoms with van der Waals surface area (Å²) in [5, 5.41) is 3.32. The molecule has 1 aromatic carbocycles. The standard InChI is InChI=1S/C17H21FN4O3S/c1-21(2)11-16(23)20-13-6-7-22(10-13)26(24,25)15-5-3-4-12-8-19-9-14(18)17(12)15/h3-5,8-9,13H,6-7,10-11H2,1-2H3,(H,20,23). The minimum Gasteiger partial charge on any atom is -0.351 e. The molecule has 0 spiro atoms. The van der Waals surface area contributed by atoms with Crippen molar-refractivity contribution < 1.29 is 17.6 Å². The normalized spacial score (nSPS) is 18.5. The van der Waals surface area contributed by atoms with Crippen LogP contribution in [0.3, 0.4) is 0 Å². The Labute approximate surface area is 151 Å². The Balaban J connectivity index is 1.83. The summed E-state index contributed by atoms with van der Waals surface area (Å²) < 4.78 is 41.6. The molecule has 0 saturated carbocycles. The number of carbonyl (C=O) groups is 1. The van der Waals surface area contributed by atoms with Gasteiger partial charge in [0, 0.05) is 36.1 Å². The van der Waals surface area contributed by atoms with Gasteiger partial charge in [0.1, 0.15) is 0 Å². The van der Waals surface area contributed by atoms with E-state index in [1.165, 1.54) is 16.6 Å². The van der Waals surface area contributed by atoms with Gasteiger partial charge in [-0.1, -0.05) is 12.1 Å². The summed E-state index contributed by atoms with van der Waals surface area (Å²) in [6.07, 6.45) is 2.97. The van der Waals surface area contributed by atoms with Gasteiger partial charge in [-0.05, 0) is 26.6 Å². The highest BCUT2D eigenvalue weighted by molar-refractivity contribution is 7.89. The van der Waals surface area contributed by atoms with Crippen LogP contribution in [0.4, 0.5) is 4.39 Å². The van der Waals surface area contributed by atoms with Crippen molar-refractivity contribution >= 4 is 26.7 Å². The van der Waals surface area contributed by atoms with E-state index in [-0.39, 0.29) is 41.9 Å². The van der Waals surface area contributed by atoms with E-state index in [4.69, 9.17) is 0 Å². The van der Waals surface area contributed by atoms with Gasteiger partial charge in [-0.25, -0.2) is 12.8 Å². The zero-order chi connectivity index (χ0) is 18.9. The number of carbonyl (C=O) groups excluding carboxylic acids is 1. The topological polar surface area (TPSA) is 82.6 Å². The summed E-state index contributed by atoms with van der Waals surface area (Å²) in [5.74, 6) is -0.821. The summed E-state index contributed by atoms with van der Waals surface area (Å²) in [6, 6.07) is 4.35. The van der Waals surface area contributed by atoms with Crippen molar-refractivity contribution in [2.24, 2.45) is 0 Å². The second-order valence-corrected chi connectivity index (χ2v) is 8.54. The Morgan fingerprint density at radius 3 is 2.88 bits per heavy atom. The first-order chi connectivity index (χ1) is 12.3. The average molecular weight is 380 g/mol. The van der Waals surface area contributed by atoms with Crippen LogP contribution in [0.1, 0.15) is 6.42 Å². The van der Waals surface area contributed by atoms with Gasteiger partial charge < -0.3 is 10.2 Å². The fraction of sp³-hybridized carbons (Fsp3) is 0.412. The third-order valence-electron chi connectivity index (χ3n) is 4.29. The number of benzene rings is 1. The summed E-state index contributed by atoms with van der Waals surface area (Å²) in [7, 11) is -0.302. The molecule has 0 aliphatic carbocycles. The second-order valence-electron chi connectivity index (χ2n) is 6.63. The lowest BCUT2D eigenvalue weighted by Gasteiger charge is -2.19. The monoisotopic (exact) mass is 380 g/mol. The molecule has 1 fully saturated rings. The van der Waals surface area contributed by atoms with E-state index in [1.807, 2.05) is 0 Å². The molecule has 9 heteroatoms. The fourth-order valence-corrected chi connectivity index (χ4v) is 4.86. The van der Waals surface area contributed by atoms with E-state index in [2.05, 4.69) is 10.3 Å². The highest BCUT2D eigenvalue weighted by atomic mass is 32.2. The van der Waals surface area contributed by atoms with Crippen LogP contribution >= 0.6 is 0 Å². The molecule has 140 valence electrons. The number of likely N-dealkylation sites (N-methyl/N-ethyl adjacent to an activating group) is 1. The molecule has 1 amide bonds. The molecule has 2 aromatic rings. The molecule has 7 nitrogen and oxygen atoms in total. The van der Waals surface area contributed by atoms with E-state index >= 15 is 0 Å². The van der Waals surface area contributed by atoms with E-state index < -0.39 is 15.8 Å². The van der Waals surface area contributed by atoms with Gasteiger partial charge in [-0.15, -0.1) is 0 Å². The zero-order valence-corrected chi connectivity index (χ0v) is 15.5. The quantitative estimate of drug-likeness (QED) is 0.830. The van der Waals surface area contributed by atoms with Gasteiger partial charge in [-0.2, -0.15) is 4.31 Å². The molecule has 1 aliphatic heterocycles. The number of sulfonamides is 1. The summed E-state index contributed by atoms with van der Waals surface area (Å²) >= 11 is 0. The van der Waals surface area contributed by atoms with Gasteiger partial charge in [0.25, 0.3) is 0 Å². The molecule has 3 rings (SSSR count). The van der Waals surface area contributed by atoms with E-state index in [0.29, 0.717) is 11.8 Å². The minimum absolute atomic E-state index is 0.0441. The summed E-state index contributed by atoms with van der Waals surface area (Å²) in [6.45, 7) is 0.688. The first-order valence-electron chi connectivity index (χ1n) is 8.25. The highest BCUT2D eigenvalue weighted by Gasteiger charge is 2.34. The Bertz CT molecular complexity index is 927. The van der Waals surface area contributed by atoms with Gasteiger partial charge in [0.05, 0.1) is 17.6 Å². The molecule has 1 aliphatic rings. The third kappa shape index (κ3) is 3.69. The van der Waals surface area contributed by atoms with E-state index in [9.17, 15) is 17.6 Å². The maximum absolute atomic E-state index is 14.2. The first-order valence-corrected chi connectivity index (χ1v) is 9.69. The van der Waals surface area contributed by atoms with Crippen LogP contribution in [0.15, 0.2) is 35.5 Å². The third-order valence-corrected chi connectivity index (χ3v) is 6.20. The average Bonchev–Trinajstić information content (AvgIpc) is 3.03. The molecule has 26 heavy (non-hydrogen) atoms. The molecule has 1 saturated heterocycles. The maximum atomic E-state index is 14.2. The van der Waals surface area contributed by atoms with Crippen LogP contribution in [-0.2, 0) is 14.8 Å². The molecule has 0 radical (unpaired) electrons. The second kappa shape index (κ2) is 7.26. The van der Waals surface area contributed by atoms with Crippen LogP contribution in [0.25, 0.3) is 10.8 Å². The molecule has 1 unspecified atom stereocenters. The zero-order valence-electron chi connectivity index (χ0n) is 14.6. The van der Waals surface area contributed by atoms with E-state index in [1.54, 1.807) is 31.1 Å². The number of halogens is 1. The Morgan fingerprint density at radius 1 is 1.38 bits per heavy atom. The lowest BCUT2D eigenvalue weighted by molar-refractivity contribution is -0.122. The van der Waals surface area contributed by atoms with Crippen molar-refractivity contribution in [1.82, 2.24) is 19.5 Å². The molecule has 1 aromatic heterocycles. The summed E-state index contributed by atoms with van der Waals surface area (Å²) in [4.78, 5) is 17.3. The van der Waals surface area contributed by atoms with Gasteiger partial charge in [0.2, 0.25) is 15.9 Å². The maximum Gasteiger partial charge on any atom is 0.243 e.